The van der Waals surface area contributed by atoms with Crippen molar-refractivity contribution in [2.45, 2.75) is 128 Å². The van der Waals surface area contributed by atoms with E-state index in [1.165, 1.54) is 26.2 Å². The summed E-state index contributed by atoms with van der Waals surface area (Å²) in [6.45, 7) is 13.0. The first-order valence-electron chi connectivity index (χ1n) is 23.9. The van der Waals surface area contributed by atoms with Gasteiger partial charge in [0.1, 0.15) is 24.2 Å². The van der Waals surface area contributed by atoms with Crippen molar-refractivity contribution in [1.82, 2.24) is 25.3 Å². The van der Waals surface area contributed by atoms with Crippen LogP contribution in [0.15, 0.2) is 78.9 Å². The maximum atomic E-state index is 14.6. The molecule has 0 radical (unpaired) electrons. The lowest BCUT2D eigenvalue weighted by atomic mass is 9.89. The second-order valence-corrected chi connectivity index (χ2v) is 19.3. The quantitative estimate of drug-likeness (QED) is 0.100. The Morgan fingerprint density at radius 3 is 1.97 bits per heavy atom. The van der Waals surface area contributed by atoms with Crippen LogP contribution in [-0.2, 0) is 44.6 Å². The molecule has 1 unspecified atom stereocenters. The largest absolute Gasteiger partial charge is 0.480 e. The standard InChI is InChI=1S/C53H73N5O10/c1-12-33(4)46(43(66-10)30-44(59)58-28-20-27-42(58)47(67-11)34(5)48(60)54-41(50(62)63)29-35-21-14-13-15-22-35)56(8)49(61)45(32(2)3)55-51(64)53(6,7)57(9)52(65)68-31-40-38-25-18-16-23-36(38)37-24-17-19-26-39(37)40/h13-19,21-26,32-34,40-43,45-47H,12,20,27-31H2,1-11H3,(H,54,60)(H,55,64)(H,62,63)/t33-,34+,41-,42-,43+,45-,46?,47+/m0/s1. The van der Waals surface area contributed by atoms with Crippen LogP contribution in [0.3, 0.4) is 0 Å². The zero-order valence-corrected chi connectivity index (χ0v) is 41.7. The molecule has 15 nitrogen and oxygen atoms in total. The van der Waals surface area contributed by atoms with Crippen LogP contribution in [0.25, 0.3) is 11.1 Å². The minimum Gasteiger partial charge on any atom is -0.480 e. The van der Waals surface area contributed by atoms with Crippen LogP contribution in [-0.4, -0.2) is 139 Å². The fraction of sp³-hybridized carbons (Fsp3) is 0.547. The highest BCUT2D eigenvalue weighted by atomic mass is 16.6. The predicted octanol–water partition coefficient (Wildman–Crippen LogP) is 6.52. The number of benzene rings is 3. The summed E-state index contributed by atoms with van der Waals surface area (Å²) >= 11 is 0. The molecule has 0 spiro atoms. The van der Waals surface area contributed by atoms with Crippen LogP contribution in [0.4, 0.5) is 4.79 Å². The Hall–Kier alpha value is -5.80. The molecule has 1 fully saturated rings. The Labute approximate surface area is 402 Å². The molecule has 370 valence electrons. The van der Waals surface area contributed by atoms with Gasteiger partial charge in [-0.05, 0) is 66.3 Å². The maximum absolute atomic E-state index is 14.6. The topological polar surface area (TPSA) is 184 Å². The molecule has 8 atom stereocenters. The molecule has 1 aliphatic heterocycles. The number of carboxylic acid groups (broad SMARTS) is 1. The van der Waals surface area contributed by atoms with Crippen LogP contribution >= 0.6 is 0 Å². The minimum atomic E-state index is -1.42. The van der Waals surface area contributed by atoms with E-state index in [1.54, 1.807) is 49.8 Å². The molecule has 0 bridgehead atoms. The van der Waals surface area contributed by atoms with Crippen molar-refractivity contribution in [2.75, 3.05) is 41.5 Å². The number of rotatable bonds is 22. The van der Waals surface area contributed by atoms with Crippen molar-refractivity contribution in [3.8, 4) is 11.1 Å². The first-order chi connectivity index (χ1) is 32.3. The van der Waals surface area contributed by atoms with Crippen LogP contribution in [0, 0.1) is 17.8 Å². The molecule has 68 heavy (non-hydrogen) atoms. The average molecular weight is 940 g/mol. The van der Waals surface area contributed by atoms with Crippen molar-refractivity contribution in [1.29, 1.82) is 0 Å². The molecule has 1 aliphatic carbocycles. The van der Waals surface area contributed by atoms with Crippen LogP contribution < -0.4 is 10.6 Å². The van der Waals surface area contributed by atoms with Crippen LogP contribution in [0.5, 0.6) is 0 Å². The van der Waals surface area contributed by atoms with E-state index < -0.39 is 71.7 Å². The van der Waals surface area contributed by atoms with Gasteiger partial charge in [-0.3, -0.25) is 24.1 Å². The molecule has 0 saturated carbocycles. The average Bonchev–Trinajstić information content (AvgIpc) is 3.94. The molecule has 3 N–H and O–H groups in total. The molecule has 1 saturated heterocycles. The molecule has 3 aromatic carbocycles. The van der Waals surface area contributed by atoms with E-state index in [2.05, 4.69) is 22.8 Å². The SMILES string of the molecule is CC[C@H](C)C([C@@H](CC(=O)N1CCC[C@H]1[C@H](OC)[C@@H](C)C(=O)N[C@@H](Cc1ccccc1)C(=O)O)OC)N(C)C(=O)[C@@H](NC(=O)C(C)(C)N(C)C(=O)OCC1c2ccccc2-c2ccccc21)C(C)C. The fourth-order valence-corrected chi connectivity index (χ4v) is 9.78. The first kappa shape index (κ1) is 53.2. The molecule has 1 heterocycles. The summed E-state index contributed by atoms with van der Waals surface area (Å²) in [6.07, 6.45) is -0.233. The summed E-state index contributed by atoms with van der Waals surface area (Å²) in [5.41, 5.74) is 3.69. The number of ether oxygens (including phenoxy) is 3. The Morgan fingerprint density at radius 2 is 1.43 bits per heavy atom. The lowest BCUT2D eigenvalue weighted by Crippen LogP contribution is -2.62. The number of carboxylic acids is 1. The first-order valence-corrected chi connectivity index (χ1v) is 23.9. The molecule has 0 aromatic heterocycles. The van der Waals surface area contributed by atoms with Gasteiger partial charge in [0.15, 0.2) is 0 Å². The molecule has 3 aromatic rings. The smallest absolute Gasteiger partial charge is 0.410 e. The van der Waals surface area contributed by atoms with Crippen molar-refractivity contribution in [2.24, 2.45) is 17.8 Å². The van der Waals surface area contributed by atoms with Crippen LogP contribution in [0.2, 0.25) is 0 Å². The number of nitrogens with one attached hydrogen (secondary N) is 2. The van der Waals surface area contributed by atoms with Gasteiger partial charge >= 0.3 is 12.1 Å². The monoisotopic (exact) mass is 940 g/mol. The lowest BCUT2D eigenvalue weighted by Gasteiger charge is -2.41. The molecule has 15 heteroatoms. The van der Waals surface area contributed by atoms with Gasteiger partial charge in [-0.1, -0.05) is 120 Å². The second-order valence-electron chi connectivity index (χ2n) is 19.3. The summed E-state index contributed by atoms with van der Waals surface area (Å²) in [5.74, 6) is -4.25. The number of likely N-dealkylation sites (tertiary alicyclic amines) is 1. The number of hydrogen-bond donors (Lipinski definition) is 3. The Morgan fingerprint density at radius 1 is 0.838 bits per heavy atom. The van der Waals surface area contributed by atoms with Crippen LogP contribution in [0.1, 0.15) is 96.8 Å². The third-order valence-corrected chi connectivity index (χ3v) is 14.4. The van der Waals surface area contributed by atoms with Gasteiger partial charge in [-0.25, -0.2) is 9.59 Å². The van der Waals surface area contributed by atoms with Gasteiger partial charge in [-0.15, -0.1) is 0 Å². The van der Waals surface area contributed by atoms with Gasteiger partial charge in [0.2, 0.25) is 23.6 Å². The molecular formula is C53H73N5O10. The zero-order valence-electron chi connectivity index (χ0n) is 41.7. The predicted molar refractivity (Wildman–Crippen MR) is 260 cm³/mol. The van der Waals surface area contributed by atoms with Crippen molar-refractivity contribution >= 4 is 35.7 Å². The number of carbonyl (C=O) groups is 6. The van der Waals surface area contributed by atoms with Gasteiger partial charge < -0.3 is 39.8 Å². The van der Waals surface area contributed by atoms with Gasteiger partial charge in [0.05, 0.1) is 36.6 Å². The minimum absolute atomic E-state index is 0.0779. The number of methoxy groups -OCH3 is 2. The van der Waals surface area contributed by atoms with E-state index >= 15 is 0 Å². The number of aliphatic carboxylic acids is 1. The van der Waals surface area contributed by atoms with Crippen molar-refractivity contribution in [3.05, 3.63) is 95.6 Å². The maximum Gasteiger partial charge on any atom is 0.410 e. The molecule has 2 aliphatic rings. The summed E-state index contributed by atoms with van der Waals surface area (Å²) in [5, 5.41) is 15.6. The number of likely N-dealkylation sites (N-methyl/N-ethyl adjacent to an activating group) is 2. The van der Waals surface area contributed by atoms with E-state index in [4.69, 9.17) is 14.2 Å². The highest BCUT2D eigenvalue weighted by molar-refractivity contribution is 5.94. The Bertz CT molecular complexity index is 2190. The van der Waals surface area contributed by atoms with E-state index in [1.807, 2.05) is 82.3 Å². The van der Waals surface area contributed by atoms with E-state index in [9.17, 15) is 33.9 Å². The second kappa shape index (κ2) is 23.5. The summed E-state index contributed by atoms with van der Waals surface area (Å²) in [7, 11) is 6.16. The van der Waals surface area contributed by atoms with E-state index in [0.29, 0.717) is 25.8 Å². The third-order valence-electron chi connectivity index (χ3n) is 14.4. The number of fused-ring (bicyclic) bond motifs is 3. The summed E-state index contributed by atoms with van der Waals surface area (Å²) in [6, 6.07) is 21.9. The van der Waals surface area contributed by atoms with E-state index in [0.717, 1.165) is 27.8 Å². The normalized spacial score (nSPS) is 17.7. The van der Waals surface area contributed by atoms with E-state index in [-0.39, 0.29) is 49.0 Å². The lowest BCUT2D eigenvalue weighted by molar-refractivity contribution is -0.148. The fourth-order valence-electron chi connectivity index (χ4n) is 9.78. The van der Waals surface area contributed by atoms with Crippen molar-refractivity contribution < 1.29 is 48.1 Å². The Balaban J connectivity index is 1.24. The summed E-state index contributed by atoms with van der Waals surface area (Å²) < 4.78 is 17.8. The van der Waals surface area contributed by atoms with Gasteiger partial charge in [0, 0.05) is 47.2 Å². The number of carbonyl (C=O) groups excluding carboxylic acids is 5. The number of amides is 5. The molecule has 5 amide bonds. The molecule has 5 rings (SSSR count). The number of nitrogens with zero attached hydrogens (tertiary/aromatic N) is 3. The van der Waals surface area contributed by atoms with Crippen molar-refractivity contribution in [3.63, 3.8) is 0 Å². The molecular weight excluding hydrogens is 867 g/mol. The highest BCUT2D eigenvalue weighted by Gasteiger charge is 2.45. The third kappa shape index (κ3) is 11.9. The van der Waals surface area contributed by atoms with Gasteiger partial charge in [-0.2, -0.15) is 0 Å². The Kier molecular flexibility index (Phi) is 18.4. The van der Waals surface area contributed by atoms with Gasteiger partial charge in [0.25, 0.3) is 0 Å². The highest BCUT2D eigenvalue weighted by Crippen LogP contribution is 2.44. The zero-order chi connectivity index (χ0) is 50.0. The summed E-state index contributed by atoms with van der Waals surface area (Å²) in [4.78, 5) is 87.1. The number of hydrogen-bond acceptors (Lipinski definition) is 9.